The molecule has 1 saturated heterocycles. The summed E-state index contributed by atoms with van der Waals surface area (Å²) < 4.78 is 6.25. The number of fused-ring (bicyclic) bond motifs is 1. The highest BCUT2D eigenvalue weighted by molar-refractivity contribution is 7.22. The van der Waals surface area contributed by atoms with E-state index in [-0.39, 0.29) is 28.3 Å². The minimum absolute atomic E-state index is 0.0436. The summed E-state index contributed by atoms with van der Waals surface area (Å²) in [4.78, 5) is 47.5. The SMILES string of the molecule is Cc1cc(/C(O)=C2\C(=O)C(=O)N(c3nc4ccc([N+](=O)[O-])cc4s3)C2c2ccccn2)ccc1OC(C)C. The Labute approximate surface area is 221 Å². The van der Waals surface area contributed by atoms with Crippen molar-refractivity contribution in [2.24, 2.45) is 0 Å². The molecule has 38 heavy (non-hydrogen) atoms. The third-order valence-electron chi connectivity index (χ3n) is 6.00. The number of anilines is 1. The molecular formula is C27H22N4O6S. The molecule has 1 N–H and O–H groups in total. The van der Waals surface area contributed by atoms with Gasteiger partial charge in [-0.05, 0) is 62.7 Å². The van der Waals surface area contributed by atoms with Crippen LogP contribution >= 0.6 is 11.3 Å². The van der Waals surface area contributed by atoms with Gasteiger partial charge in [0.25, 0.3) is 11.5 Å². The number of aliphatic hydroxyl groups excluding tert-OH is 1. The molecule has 10 nitrogen and oxygen atoms in total. The van der Waals surface area contributed by atoms with E-state index in [2.05, 4.69) is 9.97 Å². The van der Waals surface area contributed by atoms with E-state index >= 15 is 0 Å². The molecule has 2 aromatic carbocycles. The molecule has 5 rings (SSSR count). The number of non-ortho nitro benzene ring substituents is 1. The Morgan fingerprint density at radius 1 is 1.16 bits per heavy atom. The van der Waals surface area contributed by atoms with Gasteiger partial charge in [-0.3, -0.25) is 29.6 Å². The van der Waals surface area contributed by atoms with Crippen LogP contribution < -0.4 is 9.64 Å². The number of nitro groups is 1. The van der Waals surface area contributed by atoms with Crippen molar-refractivity contribution < 1.29 is 24.4 Å². The summed E-state index contributed by atoms with van der Waals surface area (Å²) in [6.45, 7) is 5.63. The zero-order valence-corrected chi connectivity index (χ0v) is 21.4. The molecular weight excluding hydrogens is 508 g/mol. The fraction of sp³-hybridized carbons (Fsp3) is 0.185. The first-order valence-corrected chi connectivity index (χ1v) is 12.5. The number of aliphatic hydroxyl groups is 1. The van der Waals surface area contributed by atoms with Crippen LogP contribution in [0.4, 0.5) is 10.8 Å². The fourth-order valence-electron chi connectivity index (χ4n) is 4.30. The summed E-state index contributed by atoms with van der Waals surface area (Å²) in [5.41, 5.74) is 1.65. The first-order chi connectivity index (χ1) is 18.2. The molecule has 1 aliphatic rings. The number of aryl methyl sites for hydroxylation is 1. The number of thiazole rings is 1. The monoisotopic (exact) mass is 530 g/mol. The number of ether oxygens (including phenoxy) is 1. The number of benzene rings is 2. The summed E-state index contributed by atoms with van der Waals surface area (Å²) >= 11 is 1.04. The second kappa shape index (κ2) is 9.67. The number of nitrogens with zero attached hydrogens (tertiary/aromatic N) is 4. The van der Waals surface area contributed by atoms with Crippen LogP contribution in [0, 0.1) is 17.0 Å². The molecule has 0 radical (unpaired) electrons. The maximum Gasteiger partial charge on any atom is 0.301 e. The Bertz CT molecular complexity index is 1630. The fourth-order valence-corrected chi connectivity index (χ4v) is 5.33. The number of carbonyl (C=O) groups is 2. The maximum absolute atomic E-state index is 13.4. The van der Waals surface area contributed by atoms with Crippen LogP contribution in [0.1, 0.15) is 36.7 Å². The Morgan fingerprint density at radius 3 is 2.61 bits per heavy atom. The van der Waals surface area contributed by atoms with E-state index < -0.39 is 22.7 Å². The van der Waals surface area contributed by atoms with Crippen molar-refractivity contribution in [3.63, 3.8) is 0 Å². The molecule has 1 atom stereocenters. The van der Waals surface area contributed by atoms with Crippen molar-refractivity contribution in [2.45, 2.75) is 32.9 Å². The topological polar surface area (TPSA) is 136 Å². The van der Waals surface area contributed by atoms with Crippen LogP contribution in [0.15, 0.2) is 66.4 Å². The number of ketones is 1. The van der Waals surface area contributed by atoms with Crippen molar-refractivity contribution in [1.82, 2.24) is 9.97 Å². The minimum atomic E-state index is -1.06. The largest absolute Gasteiger partial charge is 0.507 e. The smallest absolute Gasteiger partial charge is 0.301 e. The first kappa shape index (κ1) is 25.0. The lowest BCUT2D eigenvalue weighted by atomic mass is 9.97. The molecule has 4 aromatic rings. The van der Waals surface area contributed by atoms with Crippen molar-refractivity contribution in [1.29, 1.82) is 0 Å². The summed E-state index contributed by atoms with van der Waals surface area (Å²) in [7, 11) is 0. The van der Waals surface area contributed by atoms with Gasteiger partial charge in [0.15, 0.2) is 5.13 Å². The number of hydrogen-bond donors (Lipinski definition) is 1. The number of carbonyl (C=O) groups excluding carboxylic acids is 2. The van der Waals surface area contributed by atoms with Gasteiger partial charge in [0, 0.05) is 23.9 Å². The van der Waals surface area contributed by atoms with Gasteiger partial charge in [0.05, 0.1) is 32.5 Å². The van der Waals surface area contributed by atoms with Crippen LogP contribution in [-0.4, -0.2) is 37.8 Å². The number of Topliss-reactive ketones (excluding diaryl/α,β-unsaturated/α-hetero) is 1. The predicted octanol–water partition coefficient (Wildman–Crippen LogP) is 5.32. The molecule has 0 bridgehead atoms. The third-order valence-corrected chi connectivity index (χ3v) is 7.02. The summed E-state index contributed by atoms with van der Waals surface area (Å²) in [6, 6.07) is 13.2. The molecule has 1 amide bonds. The van der Waals surface area contributed by atoms with Crippen LogP contribution in [-0.2, 0) is 9.59 Å². The maximum atomic E-state index is 13.4. The van der Waals surface area contributed by atoms with Crippen LogP contribution in [0.3, 0.4) is 0 Å². The van der Waals surface area contributed by atoms with Gasteiger partial charge in [-0.15, -0.1) is 0 Å². The lowest BCUT2D eigenvalue weighted by Crippen LogP contribution is -2.29. The number of pyridine rings is 1. The lowest BCUT2D eigenvalue weighted by molar-refractivity contribution is -0.384. The van der Waals surface area contributed by atoms with Crippen LogP contribution in [0.2, 0.25) is 0 Å². The number of hydrogen-bond acceptors (Lipinski definition) is 9. The van der Waals surface area contributed by atoms with E-state index in [0.29, 0.717) is 27.2 Å². The molecule has 1 unspecified atom stereocenters. The van der Waals surface area contributed by atoms with E-state index in [1.165, 1.54) is 29.3 Å². The van der Waals surface area contributed by atoms with E-state index in [1.807, 2.05) is 20.8 Å². The van der Waals surface area contributed by atoms with Gasteiger partial charge >= 0.3 is 5.91 Å². The number of aromatic nitrogens is 2. The Morgan fingerprint density at radius 2 is 1.95 bits per heavy atom. The van der Waals surface area contributed by atoms with E-state index in [9.17, 15) is 24.8 Å². The zero-order chi connectivity index (χ0) is 27.1. The van der Waals surface area contributed by atoms with Crippen LogP contribution in [0.25, 0.3) is 16.0 Å². The summed E-state index contributed by atoms with van der Waals surface area (Å²) in [5, 5.41) is 22.7. The Kier molecular flexibility index (Phi) is 6.37. The highest BCUT2D eigenvalue weighted by atomic mass is 32.1. The van der Waals surface area contributed by atoms with E-state index in [0.717, 1.165) is 16.9 Å². The Hall–Kier alpha value is -4.64. The number of amides is 1. The molecule has 0 spiro atoms. The first-order valence-electron chi connectivity index (χ1n) is 11.7. The standard InChI is InChI=1S/C27H22N4O6S/c1-14(2)37-20-10-7-16(12-15(20)3)24(32)22-23(19-6-4-5-11-28-19)30(26(34)25(22)33)27-29-18-9-8-17(31(35)36)13-21(18)38-27/h4-14,23,32H,1-3H3/b24-22+. The van der Waals surface area contributed by atoms with Gasteiger partial charge < -0.3 is 9.84 Å². The third kappa shape index (κ3) is 4.37. The normalized spacial score (nSPS) is 16.9. The molecule has 11 heteroatoms. The molecule has 0 aliphatic carbocycles. The van der Waals surface area contributed by atoms with Gasteiger partial charge in [-0.2, -0.15) is 0 Å². The van der Waals surface area contributed by atoms with E-state index in [4.69, 9.17) is 4.74 Å². The van der Waals surface area contributed by atoms with Gasteiger partial charge in [-0.1, -0.05) is 17.4 Å². The Balaban J connectivity index is 1.66. The molecule has 192 valence electrons. The van der Waals surface area contributed by atoms with Crippen molar-refractivity contribution in [3.05, 3.63) is 93.3 Å². The second-order valence-electron chi connectivity index (χ2n) is 8.98. The highest BCUT2D eigenvalue weighted by Gasteiger charge is 2.48. The van der Waals surface area contributed by atoms with Gasteiger partial charge in [0.1, 0.15) is 17.6 Å². The van der Waals surface area contributed by atoms with Gasteiger partial charge in [0.2, 0.25) is 0 Å². The van der Waals surface area contributed by atoms with Crippen LogP contribution in [0.5, 0.6) is 5.75 Å². The average molecular weight is 531 g/mol. The summed E-state index contributed by atoms with van der Waals surface area (Å²) in [6.07, 6.45) is 1.48. The van der Waals surface area contributed by atoms with Crippen molar-refractivity contribution in [3.8, 4) is 5.75 Å². The van der Waals surface area contributed by atoms with Gasteiger partial charge in [-0.25, -0.2) is 4.98 Å². The van der Waals surface area contributed by atoms with Crippen molar-refractivity contribution >= 4 is 49.8 Å². The highest BCUT2D eigenvalue weighted by Crippen LogP contribution is 2.44. The molecule has 2 aromatic heterocycles. The zero-order valence-electron chi connectivity index (χ0n) is 20.6. The van der Waals surface area contributed by atoms with Crippen molar-refractivity contribution in [2.75, 3.05) is 4.90 Å². The summed E-state index contributed by atoms with van der Waals surface area (Å²) in [5.74, 6) is -1.48. The number of nitro benzene ring substituents is 1. The molecule has 0 saturated carbocycles. The molecule has 3 heterocycles. The number of rotatable bonds is 6. The molecule has 1 fully saturated rings. The minimum Gasteiger partial charge on any atom is -0.507 e. The predicted molar refractivity (Wildman–Crippen MR) is 142 cm³/mol. The average Bonchev–Trinajstić information content (AvgIpc) is 3.42. The quantitative estimate of drug-likeness (QED) is 0.116. The second-order valence-corrected chi connectivity index (χ2v) is 9.99. The lowest BCUT2D eigenvalue weighted by Gasteiger charge is -2.22. The van der Waals surface area contributed by atoms with E-state index in [1.54, 1.807) is 36.4 Å². The molecule has 1 aliphatic heterocycles.